The number of likely N-dealkylation sites (tertiary alicyclic amines) is 1. The molecule has 1 aliphatic rings. The molecule has 1 aromatic heterocycles. The van der Waals surface area contributed by atoms with Gasteiger partial charge >= 0.3 is 0 Å². The Balaban J connectivity index is 1.35. The fourth-order valence-corrected chi connectivity index (χ4v) is 4.21. The molecule has 4 rings (SSSR count). The van der Waals surface area contributed by atoms with Gasteiger partial charge in [0.1, 0.15) is 5.75 Å². The van der Waals surface area contributed by atoms with Gasteiger partial charge in [0.15, 0.2) is 0 Å². The number of ether oxygens (including phenoxy) is 1. The summed E-state index contributed by atoms with van der Waals surface area (Å²) in [7, 11) is 0. The molecule has 3 aromatic rings. The molecule has 0 saturated carbocycles. The van der Waals surface area contributed by atoms with E-state index >= 15 is 0 Å². The third kappa shape index (κ3) is 5.03. The van der Waals surface area contributed by atoms with Crippen molar-refractivity contribution in [2.24, 2.45) is 5.92 Å². The van der Waals surface area contributed by atoms with E-state index in [0.29, 0.717) is 23.8 Å². The summed E-state index contributed by atoms with van der Waals surface area (Å²) >= 11 is 0. The third-order valence-electron chi connectivity index (χ3n) is 5.65. The molecule has 1 atom stereocenters. The summed E-state index contributed by atoms with van der Waals surface area (Å²) in [5, 5.41) is 4.21. The minimum Gasteiger partial charge on any atom is -0.492 e. The van der Waals surface area contributed by atoms with Gasteiger partial charge in [0.25, 0.3) is 5.91 Å². The van der Waals surface area contributed by atoms with Crippen LogP contribution in [0.2, 0.25) is 0 Å². The first kappa shape index (κ1) is 20.5. The smallest absolute Gasteiger partial charge is 0.255 e. The third-order valence-corrected chi connectivity index (χ3v) is 5.65. The molecular formula is C25H31N3O2. The number of piperidine rings is 1. The van der Waals surface area contributed by atoms with E-state index in [9.17, 15) is 4.79 Å². The fraction of sp³-hybridized carbons (Fsp3) is 0.400. The van der Waals surface area contributed by atoms with Gasteiger partial charge in [-0.15, -0.1) is 0 Å². The van der Waals surface area contributed by atoms with Crippen LogP contribution in [0.3, 0.4) is 0 Å². The summed E-state index contributed by atoms with van der Waals surface area (Å²) in [5.41, 5.74) is 3.14. The van der Waals surface area contributed by atoms with E-state index in [4.69, 9.17) is 4.74 Å². The van der Waals surface area contributed by atoms with Crippen molar-refractivity contribution in [1.82, 2.24) is 15.2 Å². The Bertz CT molecular complexity index is 995. The first-order chi connectivity index (χ1) is 14.6. The topological polar surface area (TPSA) is 57.4 Å². The van der Waals surface area contributed by atoms with Gasteiger partial charge in [-0.25, -0.2) is 0 Å². The van der Waals surface area contributed by atoms with E-state index in [0.717, 1.165) is 26.1 Å². The average molecular weight is 406 g/mol. The molecule has 158 valence electrons. The van der Waals surface area contributed by atoms with E-state index in [1.165, 1.54) is 22.9 Å². The number of H-pyrrole nitrogens is 1. The normalized spacial score (nSPS) is 17.4. The fourth-order valence-electron chi connectivity index (χ4n) is 4.21. The highest BCUT2D eigenvalue weighted by Gasteiger charge is 2.22. The predicted octanol–water partition coefficient (Wildman–Crippen LogP) is 4.60. The molecule has 5 heteroatoms. The van der Waals surface area contributed by atoms with Crippen LogP contribution in [0.1, 0.15) is 42.6 Å². The zero-order valence-corrected chi connectivity index (χ0v) is 17.9. The zero-order valence-electron chi connectivity index (χ0n) is 17.9. The summed E-state index contributed by atoms with van der Waals surface area (Å²) in [6, 6.07) is 16.4. The standard InChI is InChI=1S/C25H31N3O2/c1-18(2)27-25(29)22-7-3-4-8-24(22)30-17-20-6-5-13-28(16-20)15-19-9-10-21-11-12-26-23(21)14-19/h3-4,7-12,14,18,20,26H,5-6,13,15-17H2,1-2H3,(H,27,29). The molecular weight excluding hydrogens is 374 g/mol. The lowest BCUT2D eigenvalue weighted by Gasteiger charge is -2.32. The number of benzene rings is 2. The molecule has 30 heavy (non-hydrogen) atoms. The molecule has 0 aliphatic carbocycles. The van der Waals surface area contributed by atoms with Gasteiger partial charge in [-0.2, -0.15) is 0 Å². The number of rotatable bonds is 7. The summed E-state index contributed by atoms with van der Waals surface area (Å²) in [6.45, 7) is 7.66. The maximum atomic E-state index is 12.5. The average Bonchev–Trinajstić information content (AvgIpc) is 3.20. The summed E-state index contributed by atoms with van der Waals surface area (Å²) in [4.78, 5) is 18.3. The van der Waals surface area contributed by atoms with E-state index in [1.807, 2.05) is 44.3 Å². The number of para-hydroxylation sites is 1. The molecule has 0 spiro atoms. The second kappa shape index (κ2) is 9.35. The number of nitrogens with zero attached hydrogens (tertiary/aromatic N) is 1. The van der Waals surface area contributed by atoms with Gasteiger partial charge in [-0.1, -0.05) is 24.3 Å². The van der Waals surface area contributed by atoms with Crippen LogP contribution in [0.15, 0.2) is 54.7 Å². The van der Waals surface area contributed by atoms with E-state index in [-0.39, 0.29) is 11.9 Å². The lowest BCUT2D eigenvalue weighted by atomic mass is 9.98. The first-order valence-corrected chi connectivity index (χ1v) is 10.9. The summed E-state index contributed by atoms with van der Waals surface area (Å²) < 4.78 is 6.13. The number of carbonyl (C=O) groups excluding carboxylic acids is 1. The highest BCUT2D eigenvalue weighted by atomic mass is 16.5. The molecule has 1 aliphatic heterocycles. The molecule has 5 nitrogen and oxygen atoms in total. The lowest BCUT2D eigenvalue weighted by molar-refractivity contribution is 0.0932. The number of amides is 1. The second-order valence-electron chi connectivity index (χ2n) is 8.58. The Labute approximate surface area is 178 Å². The number of fused-ring (bicyclic) bond motifs is 1. The van der Waals surface area contributed by atoms with Crippen molar-refractivity contribution < 1.29 is 9.53 Å². The van der Waals surface area contributed by atoms with Crippen molar-refractivity contribution >= 4 is 16.8 Å². The van der Waals surface area contributed by atoms with Crippen LogP contribution in [0.4, 0.5) is 0 Å². The van der Waals surface area contributed by atoms with E-state index < -0.39 is 0 Å². The van der Waals surface area contributed by atoms with Crippen LogP contribution in [0.5, 0.6) is 5.75 Å². The van der Waals surface area contributed by atoms with Crippen molar-refractivity contribution in [3.05, 3.63) is 65.9 Å². The molecule has 1 amide bonds. The van der Waals surface area contributed by atoms with Crippen LogP contribution in [0, 0.1) is 5.92 Å². The molecule has 2 N–H and O–H groups in total. The Morgan fingerprint density at radius 1 is 1.23 bits per heavy atom. The van der Waals surface area contributed by atoms with Gasteiger partial charge in [0.05, 0.1) is 12.2 Å². The summed E-state index contributed by atoms with van der Waals surface area (Å²) in [5.74, 6) is 1.06. The van der Waals surface area contributed by atoms with E-state index in [2.05, 4.69) is 39.5 Å². The number of aromatic amines is 1. The first-order valence-electron chi connectivity index (χ1n) is 10.9. The highest BCUT2D eigenvalue weighted by molar-refractivity contribution is 5.97. The van der Waals surface area contributed by atoms with Crippen LogP contribution in [-0.4, -0.2) is 41.5 Å². The minimum atomic E-state index is -0.0782. The SMILES string of the molecule is CC(C)NC(=O)c1ccccc1OCC1CCCN(Cc2ccc3cc[nH]c3c2)C1. The van der Waals surface area contributed by atoms with Gasteiger partial charge in [0.2, 0.25) is 0 Å². The van der Waals surface area contributed by atoms with Gasteiger partial charge < -0.3 is 15.0 Å². The minimum absolute atomic E-state index is 0.0782. The predicted molar refractivity (Wildman–Crippen MR) is 121 cm³/mol. The quantitative estimate of drug-likeness (QED) is 0.604. The maximum Gasteiger partial charge on any atom is 0.255 e. The number of hydrogen-bond donors (Lipinski definition) is 2. The molecule has 1 saturated heterocycles. The van der Waals surface area contributed by atoms with E-state index in [1.54, 1.807) is 0 Å². The van der Waals surface area contributed by atoms with Crippen molar-refractivity contribution in [2.75, 3.05) is 19.7 Å². The Hall–Kier alpha value is -2.79. The lowest BCUT2D eigenvalue weighted by Crippen LogP contribution is -2.37. The van der Waals surface area contributed by atoms with Crippen LogP contribution < -0.4 is 10.1 Å². The van der Waals surface area contributed by atoms with Gasteiger partial charge in [0, 0.05) is 36.8 Å². The number of hydrogen-bond acceptors (Lipinski definition) is 3. The maximum absolute atomic E-state index is 12.5. The zero-order chi connectivity index (χ0) is 20.9. The molecule has 0 radical (unpaired) electrons. The number of carbonyl (C=O) groups is 1. The van der Waals surface area contributed by atoms with Crippen molar-refractivity contribution in [1.29, 1.82) is 0 Å². The van der Waals surface area contributed by atoms with Crippen molar-refractivity contribution in [3.63, 3.8) is 0 Å². The summed E-state index contributed by atoms with van der Waals surface area (Å²) in [6.07, 6.45) is 4.32. The Morgan fingerprint density at radius 2 is 2.10 bits per heavy atom. The molecule has 1 unspecified atom stereocenters. The van der Waals surface area contributed by atoms with Crippen molar-refractivity contribution in [2.45, 2.75) is 39.3 Å². The van der Waals surface area contributed by atoms with Crippen molar-refractivity contribution in [3.8, 4) is 5.75 Å². The van der Waals surface area contributed by atoms with Crippen LogP contribution in [-0.2, 0) is 6.54 Å². The Kier molecular flexibility index (Phi) is 6.38. The molecule has 2 heterocycles. The Morgan fingerprint density at radius 3 is 2.97 bits per heavy atom. The highest BCUT2D eigenvalue weighted by Crippen LogP contribution is 2.24. The number of aromatic nitrogens is 1. The molecule has 0 bridgehead atoms. The van der Waals surface area contributed by atoms with Crippen LogP contribution in [0.25, 0.3) is 10.9 Å². The molecule has 2 aromatic carbocycles. The molecule has 1 fully saturated rings. The van der Waals surface area contributed by atoms with Crippen LogP contribution >= 0.6 is 0 Å². The number of nitrogens with one attached hydrogen (secondary N) is 2. The monoisotopic (exact) mass is 405 g/mol. The van der Waals surface area contributed by atoms with Gasteiger partial charge in [-0.3, -0.25) is 9.69 Å². The largest absolute Gasteiger partial charge is 0.492 e. The second-order valence-corrected chi connectivity index (χ2v) is 8.58. The van der Waals surface area contributed by atoms with Gasteiger partial charge in [-0.05, 0) is 68.4 Å².